The maximum atomic E-state index is 3.93. The van der Waals surface area contributed by atoms with Crippen molar-refractivity contribution in [3.8, 4) is 0 Å². The molecule has 2 heteroatoms. The number of rotatable bonds is 5. The molecule has 0 nitrogen and oxygen atoms in total. The zero-order valence-corrected chi connectivity index (χ0v) is 13.7. The van der Waals surface area contributed by atoms with Crippen molar-refractivity contribution in [2.45, 2.75) is 57.7 Å². The van der Waals surface area contributed by atoms with E-state index in [4.69, 9.17) is 0 Å². The molecular formula is C14H27BrS. The highest BCUT2D eigenvalue weighted by Crippen LogP contribution is 2.45. The molecule has 1 fully saturated rings. The average Bonchev–Trinajstić information content (AvgIpc) is 2.17. The molecule has 0 N–H and O–H groups in total. The molecule has 16 heavy (non-hydrogen) atoms. The summed E-state index contributed by atoms with van der Waals surface area (Å²) < 4.78 is 0. The number of thioether (sulfide) groups is 1. The maximum absolute atomic E-state index is 3.93. The Labute approximate surface area is 114 Å². The van der Waals surface area contributed by atoms with Crippen molar-refractivity contribution in [2.75, 3.05) is 12.0 Å². The fraction of sp³-hybridized carbons (Fsp3) is 1.00. The second-order valence-corrected chi connectivity index (χ2v) is 8.29. The van der Waals surface area contributed by atoms with Crippen molar-refractivity contribution >= 4 is 27.7 Å². The number of hydrogen-bond acceptors (Lipinski definition) is 1. The van der Waals surface area contributed by atoms with Crippen LogP contribution >= 0.6 is 27.7 Å². The number of hydrogen-bond donors (Lipinski definition) is 0. The van der Waals surface area contributed by atoms with Crippen LogP contribution in [0.5, 0.6) is 0 Å². The molecule has 0 bridgehead atoms. The fourth-order valence-electron chi connectivity index (χ4n) is 3.05. The molecular weight excluding hydrogens is 280 g/mol. The predicted octanol–water partition coefficient (Wildman–Crippen LogP) is 5.36. The first-order chi connectivity index (χ1) is 7.47. The molecule has 1 rings (SSSR count). The zero-order valence-electron chi connectivity index (χ0n) is 11.3. The first-order valence-electron chi connectivity index (χ1n) is 6.60. The van der Waals surface area contributed by atoms with E-state index in [9.17, 15) is 0 Å². The third-order valence-electron chi connectivity index (χ3n) is 4.21. The van der Waals surface area contributed by atoms with Gasteiger partial charge >= 0.3 is 0 Å². The van der Waals surface area contributed by atoms with Crippen LogP contribution in [-0.4, -0.2) is 16.8 Å². The van der Waals surface area contributed by atoms with E-state index in [1.807, 2.05) is 11.8 Å². The van der Waals surface area contributed by atoms with E-state index in [0.29, 0.717) is 5.41 Å². The van der Waals surface area contributed by atoms with Crippen molar-refractivity contribution in [3.05, 3.63) is 0 Å². The minimum Gasteiger partial charge on any atom is -0.165 e. The van der Waals surface area contributed by atoms with Gasteiger partial charge in [-0.3, -0.25) is 0 Å². The van der Waals surface area contributed by atoms with Gasteiger partial charge in [0.25, 0.3) is 0 Å². The fourth-order valence-corrected chi connectivity index (χ4v) is 5.10. The summed E-state index contributed by atoms with van der Waals surface area (Å²) in [5, 5.41) is 0. The minimum absolute atomic E-state index is 0.518. The molecule has 0 heterocycles. The Morgan fingerprint density at radius 1 is 1.31 bits per heavy atom. The van der Waals surface area contributed by atoms with Gasteiger partial charge in [0.2, 0.25) is 0 Å². The van der Waals surface area contributed by atoms with Gasteiger partial charge in [0.1, 0.15) is 0 Å². The van der Waals surface area contributed by atoms with Crippen molar-refractivity contribution < 1.29 is 0 Å². The van der Waals surface area contributed by atoms with Gasteiger partial charge in [-0.1, -0.05) is 43.1 Å². The van der Waals surface area contributed by atoms with Crippen LogP contribution in [0.15, 0.2) is 0 Å². The molecule has 1 saturated carbocycles. The third-order valence-corrected chi connectivity index (χ3v) is 5.92. The van der Waals surface area contributed by atoms with Crippen molar-refractivity contribution in [1.82, 2.24) is 0 Å². The van der Waals surface area contributed by atoms with Crippen LogP contribution in [0.3, 0.4) is 0 Å². The Hall–Kier alpha value is 0.830. The molecule has 0 radical (unpaired) electrons. The molecule has 3 unspecified atom stereocenters. The SMILES string of the molecule is CSCCCC(C)(C)C1CCC(C)CC1Br. The molecule has 0 amide bonds. The second-order valence-electron chi connectivity index (χ2n) is 6.13. The highest BCUT2D eigenvalue weighted by Gasteiger charge is 2.37. The molecule has 1 aliphatic rings. The summed E-state index contributed by atoms with van der Waals surface area (Å²) in [5.74, 6) is 3.12. The Morgan fingerprint density at radius 3 is 2.56 bits per heavy atom. The average molecular weight is 307 g/mol. The molecule has 0 aromatic rings. The van der Waals surface area contributed by atoms with Gasteiger partial charge in [-0.25, -0.2) is 0 Å². The van der Waals surface area contributed by atoms with Crippen LogP contribution in [-0.2, 0) is 0 Å². The van der Waals surface area contributed by atoms with Gasteiger partial charge in [-0.15, -0.1) is 0 Å². The van der Waals surface area contributed by atoms with E-state index < -0.39 is 0 Å². The lowest BCUT2D eigenvalue weighted by Crippen LogP contribution is -2.35. The lowest BCUT2D eigenvalue weighted by atomic mass is 9.67. The Morgan fingerprint density at radius 2 is 2.00 bits per heavy atom. The van der Waals surface area contributed by atoms with Gasteiger partial charge in [0, 0.05) is 4.83 Å². The highest BCUT2D eigenvalue weighted by atomic mass is 79.9. The molecule has 0 aliphatic heterocycles. The molecule has 0 aromatic heterocycles. The summed E-state index contributed by atoms with van der Waals surface area (Å²) in [7, 11) is 0. The molecule has 3 atom stereocenters. The quantitative estimate of drug-likeness (QED) is 0.487. The smallest absolute Gasteiger partial charge is 0.0181 e. The van der Waals surface area contributed by atoms with Crippen LogP contribution < -0.4 is 0 Å². The third kappa shape index (κ3) is 4.25. The lowest BCUT2D eigenvalue weighted by Gasteiger charge is -2.42. The van der Waals surface area contributed by atoms with Gasteiger partial charge in [-0.2, -0.15) is 11.8 Å². The van der Waals surface area contributed by atoms with Crippen molar-refractivity contribution in [2.24, 2.45) is 17.3 Å². The molecule has 96 valence electrons. The summed E-state index contributed by atoms with van der Waals surface area (Å²) >= 11 is 5.91. The molecule has 0 spiro atoms. The van der Waals surface area contributed by atoms with Gasteiger partial charge in [0.15, 0.2) is 0 Å². The van der Waals surface area contributed by atoms with E-state index in [1.54, 1.807) is 0 Å². The van der Waals surface area contributed by atoms with Crippen LogP contribution in [0.25, 0.3) is 0 Å². The van der Waals surface area contributed by atoms with E-state index in [-0.39, 0.29) is 0 Å². The van der Waals surface area contributed by atoms with Crippen molar-refractivity contribution in [1.29, 1.82) is 0 Å². The van der Waals surface area contributed by atoms with Crippen LogP contribution in [0.4, 0.5) is 0 Å². The van der Waals surface area contributed by atoms with Crippen LogP contribution in [0, 0.1) is 17.3 Å². The van der Waals surface area contributed by atoms with Gasteiger partial charge in [-0.05, 0) is 54.9 Å². The Balaban J connectivity index is 2.47. The molecule has 0 aromatic carbocycles. The minimum atomic E-state index is 0.518. The van der Waals surface area contributed by atoms with Crippen LogP contribution in [0.2, 0.25) is 0 Å². The lowest BCUT2D eigenvalue weighted by molar-refractivity contribution is 0.136. The number of alkyl halides is 1. The summed E-state index contributed by atoms with van der Waals surface area (Å²) in [6.07, 6.45) is 9.19. The summed E-state index contributed by atoms with van der Waals surface area (Å²) in [5.41, 5.74) is 0.518. The topological polar surface area (TPSA) is 0 Å². The number of halogens is 1. The Bertz CT molecular complexity index is 203. The first-order valence-corrected chi connectivity index (χ1v) is 8.91. The van der Waals surface area contributed by atoms with E-state index in [0.717, 1.165) is 16.7 Å². The largest absolute Gasteiger partial charge is 0.165 e. The van der Waals surface area contributed by atoms with Crippen molar-refractivity contribution in [3.63, 3.8) is 0 Å². The summed E-state index contributed by atoms with van der Waals surface area (Å²) in [6, 6.07) is 0. The summed E-state index contributed by atoms with van der Waals surface area (Å²) in [6.45, 7) is 7.34. The van der Waals surface area contributed by atoms with E-state index in [2.05, 4.69) is 43.0 Å². The van der Waals surface area contributed by atoms with E-state index in [1.165, 1.54) is 37.9 Å². The highest BCUT2D eigenvalue weighted by molar-refractivity contribution is 9.09. The maximum Gasteiger partial charge on any atom is 0.0181 e. The zero-order chi connectivity index (χ0) is 12.2. The van der Waals surface area contributed by atoms with E-state index >= 15 is 0 Å². The second kappa shape index (κ2) is 6.68. The Kier molecular flexibility index (Phi) is 6.22. The van der Waals surface area contributed by atoms with Gasteiger partial charge in [0.05, 0.1) is 0 Å². The predicted molar refractivity (Wildman–Crippen MR) is 80.6 cm³/mol. The summed E-state index contributed by atoms with van der Waals surface area (Å²) in [4.78, 5) is 0.750. The first kappa shape index (κ1) is 14.9. The monoisotopic (exact) mass is 306 g/mol. The normalized spacial score (nSPS) is 31.7. The standard InChI is InChI=1S/C14H27BrS/c1-11-6-7-12(13(15)10-11)14(2,3)8-5-9-16-4/h11-13H,5-10H2,1-4H3. The van der Waals surface area contributed by atoms with Crippen LogP contribution in [0.1, 0.15) is 52.9 Å². The van der Waals surface area contributed by atoms with Gasteiger partial charge < -0.3 is 0 Å². The molecule has 1 aliphatic carbocycles. The molecule has 0 saturated heterocycles.